The van der Waals surface area contributed by atoms with Crippen LogP contribution in [0.2, 0.25) is 5.02 Å². The summed E-state index contributed by atoms with van der Waals surface area (Å²) in [7, 11) is 0. The predicted octanol–water partition coefficient (Wildman–Crippen LogP) is 4.92. The van der Waals surface area contributed by atoms with Crippen molar-refractivity contribution in [3.05, 3.63) is 57.6 Å². The Morgan fingerprint density at radius 2 is 2.22 bits per heavy atom. The van der Waals surface area contributed by atoms with E-state index in [1.54, 1.807) is 28.0 Å². The highest BCUT2D eigenvalue weighted by Crippen LogP contribution is 2.26. The van der Waals surface area contributed by atoms with E-state index in [0.717, 1.165) is 26.9 Å². The summed E-state index contributed by atoms with van der Waals surface area (Å²) in [4.78, 5) is 5.40. The molecule has 0 bridgehead atoms. The predicted molar refractivity (Wildman–Crippen MR) is 92.9 cm³/mol. The first kappa shape index (κ1) is 14.6. The van der Waals surface area contributed by atoms with E-state index in [0.29, 0.717) is 6.54 Å². The fourth-order valence-corrected chi connectivity index (χ4v) is 3.78. The van der Waals surface area contributed by atoms with Gasteiger partial charge in [-0.2, -0.15) is 11.3 Å². The van der Waals surface area contributed by atoms with E-state index >= 15 is 0 Å². The van der Waals surface area contributed by atoms with Crippen LogP contribution in [0.1, 0.15) is 5.56 Å². The van der Waals surface area contributed by atoms with Crippen molar-refractivity contribution >= 4 is 44.4 Å². The number of halogens is 2. The molecule has 0 saturated heterocycles. The van der Waals surface area contributed by atoms with E-state index in [9.17, 15) is 4.39 Å². The van der Waals surface area contributed by atoms with Crippen LogP contribution in [0, 0.1) is 5.82 Å². The van der Waals surface area contributed by atoms with Crippen molar-refractivity contribution in [1.29, 1.82) is 0 Å². The summed E-state index contributed by atoms with van der Waals surface area (Å²) in [5, 5.41) is 12.6. The summed E-state index contributed by atoms with van der Waals surface area (Å²) in [5.74, 6) is -0.413. The molecule has 0 unspecified atom stereocenters. The fraction of sp³-hybridized carbons (Fsp3) is 0.0667. The standard InChI is InChI=1S/C15H10ClFN4S2/c16-11-5-9(1-2-12(11)17)6-18-14-20-21-7-13(19-15(21)23-14)10-3-4-22-8-10/h1-5,7-8H,6H2,(H,18,20). The Morgan fingerprint density at radius 1 is 1.30 bits per heavy atom. The van der Waals surface area contributed by atoms with Crippen LogP contribution in [0.15, 0.2) is 41.2 Å². The number of rotatable bonds is 4. The maximum atomic E-state index is 13.1. The van der Waals surface area contributed by atoms with Crippen LogP contribution in [-0.4, -0.2) is 14.6 Å². The molecule has 0 saturated carbocycles. The van der Waals surface area contributed by atoms with Crippen LogP contribution >= 0.6 is 34.3 Å². The molecule has 3 heterocycles. The molecule has 0 aliphatic carbocycles. The van der Waals surface area contributed by atoms with Gasteiger partial charge in [0, 0.05) is 17.5 Å². The molecule has 0 aliphatic heterocycles. The van der Waals surface area contributed by atoms with Crippen LogP contribution in [0.25, 0.3) is 16.2 Å². The van der Waals surface area contributed by atoms with Gasteiger partial charge in [0.15, 0.2) is 0 Å². The van der Waals surface area contributed by atoms with Gasteiger partial charge in [-0.1, -0.05) is 29.0 Å². The first-order chi connectivity index (χ1) is 11.2. The molecule has 4 nitrogen and oxygen atoms in total. The quantitative estimate of drug-likeness (QED) is 0.558. The molecule has 4 aromatic rings. The molecular formula is C15H10ClFN4S2. The molecule has 0 spiro atoms. The minimum Gasteiger partial charge on any atom is -0.356 e. The zero-order chi connectivity index (χ0) is 15.8. The van der Waals surface area contributed by atoms with E-state index in [1.165, 1.54) is 17.4 Å². The number of imidazole rings is 1. The van der Waals surface area contributed by atoms with Gasteiger partial charge in [0.1, 0.15) is 5.82 Å². The van der Waals surface area contributed by atoms with Crippen LogP contribution in [0.3, 0.4) is 0 Å². The van der Waals surface area contributed by atoms with Crippen molar-refractivity contribution in [3.63, 3.8) is 0 Å². The number of hydrogen-bond acceptors (Lipinski definition) is 5. The maximum absolute atomic E-state index is 13.1. The number of thiophene rings is 1. The molecule has 0 fully saturated rings. The van der Waals surface area contributed by atoms with Gasteiger partial charge in [-0.25, -0.2) is 13.9 Å². The SMILES string of the molecule is Fc1ccc(CNc2nn3cc(-c4ccsc4)nc3s2)cc1Cl. The molecule has 0 amide bonds. The number of nitrogens with one attached hydrogen (secondary N) is 1. The average Bonchev–Trinajstić information content (AvgIpc) is 3.22. The zero-order valence-corrected chi connectivity index (χ0v) is 14.1. The number of anilines is 1. The van der Waals surface area contributed by atoms with E-state index in [2.05, 4.69) is 20.8 Å². The molecule has 0 atom stereocenters. The monoisotopic (exact) mass is 364 g/mol. The van der Waals surface area contributed by atoms with Crippen molar-refractivity contribution < 1.29 is 4.39 Å². The Kier molecular flexibility index (Phi) is 3.76. The Bertz CT molecular complexity index is 930. The minimum absolute atomic E-state index is 0.124. The van der Waals surface area contributed by atoms with Crippen molar-refractivity contribution in [3.8, 4) is 11.3 Å². The molecule has 23 heavy (non-hydrogen) atoms. The van der Waals surface area contributed by atoms with Crippen molar-refractivity contribution in [2.75, 3.05) is 5.32 Å². The summed E-state index contributed by atoms with van der Waals surface area (Å²) >= 11 is 8.89. The highest BCUT2D eigenvalue weighted by molar-refractivity contribution is 7.20. The molecular weight excluding hydrogens is 355 g/mol. The van der Waals surface area contributed by atoms with Gasteiger partial charge in [0.05, 0.1) is 16.9 Å². The maximum Gasteiger partial charge on any atom is 0.214 e. The van der Waals surface area contributed by atoms with Crippen molar-refractivity contribution in [2.24, 2.45) is 0 Å². The first-order valence-electron chi connectivity index (χ1n) is 6.75. The van der Waals surface area contributed by atoms with Crippen molar-refractivity contribution in [2.45, 2.75) is 6.54 Å². The number of hydrogen-bond donors (Lipinski definition) is 1. The summed E-state index contributed by atoms with van der Waals surface area (Å²) in [6, 6.07) is 6.70. The lowest BCUT2D eigenvalue weighted by Crippen LogP contribution is -1.99. The first-order valence-corrected chi connectivity index (χ1v) is 8.89. The van der Waals surface area contributed by atoms with Gasteiger partial charge in [0.2, 0.25) is 10.1 Å². The summed E-state index contributed by atoms with van der Waals surface area (Å²) in [6.07, 6.45) is 1.91. The van der Waals surface area contributed by atoms with Gasteiger partial charge in [0.25, 0.3) is 0 Å². The lowest BCUT2D eigenvalue weighted by Gasteiger charge is -2.03. The van der Waals surface area contributed by atoms with Gasteiger partial charge >= 0.3 is 0 Å². The molecule has 1 aromatic carbocycles. The Labute approximate surface area is 144 Å². The molecule has 3 aromatic heterocycles. The number of benzene rings is 1. The van der Waals surface area contributed by atoms with E-state index in [4.69, 9.17) is 11.6 Å². The third kappa shape index (κ3) is 2.95. The molecule has 8 heteroatoms. The summed E-state index contributed by atoms with van der Waals surface area (Å²) in [5.41, 5.74) is 2.91. The Hall–Kier alpha value is -1.96. The van der Waals surface area contributed by atoms with Gasteiger partial charge in [-0.05, 0) is 29.1 Å². The number of fused-ring (bicyclic) bond motifs is 1. The Balaban J connectivity index is 1.51. The van der Waals surface area contributed by atoms with Crippen LogP contribution in [0.4, 0.5) is 9.52 Å². The van der Waals surface area contributed by atoms with Crippen molar-refractivity contribution in [1.82, 2.24) is 14.6 Å². The smallest absolute Gasteiger partial charge is 0.214 e. The zero-order valence-electron chi connectivity index (χ0n) is 11.7. The van der Waals surface area contributed by atoms with Crippen LogP contribution in [0.5, 0.6) is 0 Å². The van der Waals surface area contributed by atoms with E-state index in [-0.39, 0.29) is 5.02 Å². The normalized spacial score (nSPS) is 11.2. The van der Waals surface area contributed by atoms with Gasteiger partial charge < -0.3 is 5.32 Å². The van der Waals surface area contributed by atoms with Gasteiger partial charge in [-0.15, -0.1) is 5.10 Å². The summed E-state index contributed by atoms with van der Waals surface area (Å²) in [6.45, 7) is 0.522. The lowest BCUT2D eigenvalue weighted by molar-refractivity contribution is 0.627. The highest BCUT2D eigenvalue weighted by atomic mass is 35.5. The largest absolute Gasteiger partial charge is 0.356 e. The number of aromatic nitrogens is 3. The summed E-state index contributed by atoms with van der Waals surface area (Å²) < 4.78 is 14.9. The fourth-order valence-electron chi connectivity index (χ4n) is 2.15. The second kappa shape index (κ2) is 5.92. The van der Waals surface area contributed by atoms with Crippen LogP contribution < -0.4 is 5.32 Å². The lowest BCUT2D eigenvalue weighted by atomic mass is 10.2. The molecule has 1 N–H and O–H groups in total. The van der Waals surface area contributed by atoms with Crippen LogP contribution in [-0.2, 0) is 6.54 Å². The molecule has 0 aliphatic rings. The highest BCUT2D eigenvalue weighted by Gasteiger charge is 2.10. The minimum atomic E-state index is -0.413. The number of nitrogens with zero attached hydrogens (tertiary/aromatic N) is 3. The molecule has 4 rings (SSSR count). The van der Waals surface area contributed by atoms with E-state index < -0.39 is 5.82 Å². The van der Waals surface area contributed by atoms with E-state index in [1.807, 2.05) is 17.6 Å². The Morgan fingerprint density at radius 3 is 2.96 bits per heavy atom. The second-order valence-electron chi connectivity index (χ2n) is 4.87. The molecule has 116 valence electrons. The third-order valence-corrected chi connectivity index (χ3v) is 5.14. The topological polar surface area (TPSA) is 42.2 Å². The second-order valence-corrected chi connectivity index (χ2v) is 7.02. The molecule has 0 radical (unpaired) electrons. The van der Waals surface area contributed by atoms with Gasteiger partial charge in [-0.3, -0.25) is 0 Å². The third-order valence-electron chi connectivity index (χ3n) is 3.29. The average molecular weight is 365 g/mol.